The molecule has 33 heavy (non-hydrogen) atoms. The van der Waals surface area contributed by atoms with Crippen molar-refractivity contribution in [1.82, 2.24) is 0 Å². The number of nitrogens with one attached hydrogen (secondary N) is 2. The minimum atomic E-state index is -4.79. The predicted molar refractivity (Wildman–Crippen MR) is 121 cm³/mol. The lowest BCUT2D eigenvalue weighted by atomic mass is 10.2. The van der Waals surface area contributed by atoms with E-state index in [-0.39, 0.29) is 16.3 Å². The van der Waals surface area contributed by atoms with Gasteiger partial charge in [-0.2, -0.15) is 13.2 Å². The average molecular weight is 539 g/mol. The molecule has 0 unspecified atom stereocenters. The van der Waals surface area contributed by atoms with Crippen molar-refractivity contribution in [2.45, 2.75) is 22.9 Å². The Kier molecular flexibility index (Phi) is 6.90. The first-order valence-corrected chi connectivity index (χ1v) is 12.7. The zero-order valence-corrected chi connectivity index (χ0v) is 19.8. The highest BCUT2D eigenvalue weighted by Crippen LogP contribution is 2.33. The summed E-state index contributed by atoms with van der Waals surface area (Å²) in [6, 6.07) is 11.2. The number of halogens is 5. The van der Waals surface area contributed by atoms with Crippen LogP contribution in [0.4, 0.5) is 24.5 Å². The summed E-state index contributed by atoms with van der Waals surface area (Å²) >= 11 is 11.6. The number of rotatable bonds is 6. The molecule has 0 aliphatic carbocycles. The van der Waals surface area contributed by atoms with Crippen molar-refractivity contribution in [2.24, 2.45) is 0 Å². The van der Waals surface area contributed by atoms with E-state index < -0.39 is 41.7 Å². The van der Waals surface area contributed by atoms with Gasteiger partial charge in [-0.05, 0) is 67.1 Å². The Balaban J connectivity index is 1.84. The quantitative estimate of drug-likeness (QED) is 0.407. The fraction of sp³-hybridized carbons (Fsp3) is 0.100. The molecule has 0 aromatic heterocycles. The molecule has 0 radical (unpaired) electrons. The third-order valence-corrected chi connectivity index (χ3v) is 7.81. The van der Waals surface area contributed by atoms with E-state index in [1.54, 1.807) is 19.1 Å². The Morgan fingerprint density at radius 3 is 2.00 bits per heavy atom. The van der Waals surface area contributed by atoms with Gasteiger partial charge in [-0.3, -0.25) is 9.44 Å². The Hall–Kier alpha value is -2.47. The molecule has 176 valence electrons. The summed E-state index contributed by atoms with van der Waals surface area (Å²) in [6.45, 7) is 1.64. The molecule has 3 aromatic rings. The monoisotopic (exact) mass is 538 g/mol. The van der Waals surface area contributed by atoms with Gasteiger partial charge in [0.05, 0.1) is 21.0 Å². The molecule has 0 amide bonds. The van der Waals surface area contributed by atoms with Gasteiger partial charge in [-0.15, -0.1) is 0 Å². The summed E-state index contributed by atoms with van der Waals surface area (Å²) in [5.41, 5.74) is -0.499. The van der Waals surface area contributed by atoms with E-state index in [1.165, 1.54) is 6.07 Å². The summed E-state index contributed by atoms with van der Waals surface area (Å²) in [4.78, 5) is -0.871. The molecule has 3 rings (SSSR count). The SMILES string of the molecule is Cc1c(Cl)cccc1NS(=O)(=O)c1ccc(NS(=O)(=O)c2cc(Cl)cc(C(F)(F)F)c2)cc1. The van der Waals surface area contributed by atoms with E-state index in [9.17, 15) is 30.0 Å². The van der Waals surface area contributed by atoms with Crippen molar-refractivity contribution in [3.63, 3.8) is 0 Å². The van der Waals surface area contributed by atoms with Crippen LogP contribution in [0.15, 0.2) is 70.5 Å². The number of sulfonamides is 2. The molecular weight excluding hydrogens is 524 g/mol. The number of benzene rings is 3. The van der Waals surface area contributed by atoms with E-state index in [1.807, 2.05) is 0 Å². The van der Waals surface area contributed by atoms with E-state index in [0.29, 0.717) is 22.7 Å². The number of alkyl halides is 3. The smallest absolute Gasteiger partial charge is 0.280 e. The van der Waals surface area contributed by atoms with Crippen molar-refractivity contribution in [3.05, 3.63) is 81.8 Å². The molecule has 0 saturated heterocycles. The van der Waals surface area contributed by atoms with E-state index in [0.717, 1.165) is 30.3 Å². The lowest BCUT2D eigenvalue weighted by Gasteiger charge is -2.13. The van der Waals surface area contributed by atoms with Crippen LogP contribution in [0.5, 0.6) is 0 Å². The molecule has 6 nitrogen and oxygen atoms in total. The summed E-state index contributed by atoms with van der Waals surface area (Å²) in [7, 11) is -8.46. The van der Waals surface area contributed by atoms with Gasteiger partial charge in [-0.25, -0.2) is 16.8 Å². The zero-order valence-electron chi connectivity index (χ0n) is 16.6. The molecule has 0 aliphatic rings. The van der Waals surface area contributed by atoms with Gasteiger partial charge in [0.2, 0.25) is 0 Å². The van der Waals surface area contributed by atoms with Gasteiger partial charge < -0.3 is 0 Å². The maximum atomic E-state index is 13.0. The van der Waals surface area contributed by atoms with Crippen molar-refractivity contribution >= 4 is 54.6 Å². The van der Waals surface area contributed by atoms with Crippen LogP contribution in [0.1, 0.15) is 11.1 Å². The highest BCUT2D eigenvalue weighted by atomic mass is 35.5. The van der Waals surface area contributed by atoms with E-state index >= 15 is 0 Å². The molecule has 13 heteroatoms. The maximum Gasteiger partial charge on any atom is 0.416 e. The fourth-order valence-corrected chi connectivity index (χ4v) is 5.45. The van der Waals surface area contributed by atoms with Crippen molar-refractivity contribution < 1.29 is 30.0 Å². The first kappa shape index (κ1) is 25.2. The average Bonchev–Trinajstić information content (AvgIpc) is 2.70. The summed E-state index contributed by atoms with van der Waals surface area (Å²) < 4.78 is 93.8. The first-order chi connectivity index (χ1) is 15.2. The topological polar surface area (TPSA) is 92.3 Å². The largest absolute Gasteiger partial charge is 0.416 e. The van der Waals surface area contributed by atoms with Gasteiger partial charge in [0.25, 0.3) is 20.0 Å². The molecule has 0 spiro atoms. The van der Waals surface area contributed by atoms with Crippen LogP contribution in [-0.4, -0.2) is 16.8 Å². The van der Waals surface area contributed by atoms with Gasteiger partial charge >= 0.3 is 6.18 Å². The van der Waals surface area contributed by atoms with Crippen LogP contribution in [0.2, 0.25) is 10.0 Å². The summed E-state index contributed by atoms with van der Waals surface area (Å²) in [5.74, 6) is 0. The Morgan fingerprint density at radius 2 is 1.39 bits per heavy atom. The number of hydrogen-bond acceptors (Lipinski definition) is 4. The van der Waals surface area contributed by atoms with Gasteiger partial charge in [0, 0.05) is 15.7 Å². The van der Waals surface area contributed by atoms with Crippen LogP contribution < -0.4 is 9.44 Å². The summed E-state index contributed by atoms with van der Waals surface area (Å²) in [5, 5.41) is -0.0383. The molecule has 0 saturated carbocycles. The van der Waals surface area contributed by atoms with Crippen LogP contribution in [0.25, 0.3) is 0 Å². The minimum Gasteiger partial charge on any atom is -0.280 e. The van der Waals surface area contributed by atoms with Crippen molar-refractivity contribution in [2.75, 3.05) is 9.44 Å². The highest BCUT2D eigenvalue weighted by molar-refractivity contribution is 7.93. The lowest BCUT2D eigenvalue weighted by Crippen LogP contribution is -2.16. The van der Waals surface area contributed by atoms with Gasteiger partial charge in [0.1, 0.15) is 0 Å². The van der Waals surface area contributed by atoms with E-state index in [2.05, 4.69) is 9.44 Å². The highest BCUT2D eigenvalue weighted by Gasteiger charge is 2.32. The molecule has 0 bridgehead atoms. The predicted octanol–water partition coefficient (Wildman–Crippen LogP) is 5.92. The standard InChI is InChI=1S/C20H15Cl2F3N2O4S2/c1-12-18(22)3-2-4-19(12)27-32(28,29)16-7-5-15(6-8-16)26-33(30,31)17-10-13(20(23,24)25)9-14(21)11-17/h2-11,26-27H,1H3. The lowest BCUT2D eigenvalue weighted by molar-refractivity contribution is -0.137. The van der Waals surface area contributed by atoms with E-state index in [4.69, 9.17) is 23.2 Å². The minimum absolute atomic E-state index is 0.0681. The molecule has 0 fully saturated rings. The second kappa shape index (κ2) is 9.05. The van der Waals surface area contributed by atoms with Crippen molar-refractivity contribution in [1.29, 1.82) is 0 Å². The molecule has 3 aromatic carbocycles. The molecule has 0 heterocycles. The van der Waals surface area contributed by atoms with Crippen LogP contribution in [0.3, 0.4) is 0 Å². The molecule has 2 N–H and O–H groups in total. The number of hydrogen-bond donors (Lipinski definition) is 2. The van der Waals surface area contributed by atoms with Crippen LogP contribution in [0, 0.1) is 6.92 Å². The Labute approximate surface area is 198 Å². The second-order valence-corrected chi connectivity index (χ2v) is 11.0. The normalized spacial score (nSPS) is 12.4. The molecule has 0 aliphatic heterocycles. The Bertz CT molecular complexity index is 1410. The van der Waals surface area contributed by atoms with Crippen LogP contribution >= 0.6 is 23.2 Å². The second-order valence-electron chi connectivity index (χ2n) is 6.82. The van der Waals surface area contributed by atoms with Crippen molar-refractivity contribution in [3.8, 4) is 0 Å². The molecule has 0 atom stereocenters. The zero-order chi connectivity index (χ0) is 24.6. The summed E-state index contributed by atoms with van der Waals surface area (Å²) in [6.07, 6.45) is -4.79. The molecular formula is C20H15Cl2F3N2O4S2. The number of anilines is 2. The Morgan fingerprint density at radius 1 is 0.788 bits per heavy atom. The van der Waals surface area contributed by atoms with Crippen LogP contribution in [-0.2, 0) is 26.2 Å². The third kappa shape index (κ3) is 5.91. The third-order valence-electron chi connectivity index (χ3n) is 4.44. The van der Waals surface area contributed by atoms with Gasteiger partial charge in [0.15, 0.2) is 0 Å². The first-order valence-electron chi connectivity index (χ1n) is 8.98. The fourth-order valence-electron chi connectivity index (χ4n) is 2.72. The van der Waals surface area contributed by atoms with Gasteiger partial charge in [-0.1, -0.05) is 29.3 Å². The maximum absolute atomic E-state index is 13.0.